The first-order chi connectivity index (χ1) is 9.50. The van der Waals surface area contributed by atoms with Crippen LogP contribution in [0.3, 0.4) is 0 Å². The molecule has 1 aromatic carbocycles. The minimum Gasteiger partial charge on any atom is -0.351 e. The van der Waals surface area contributed by atoms with E-state index in [0.29, 0.717) is 6.54 Å². The minimum absolute atomic E-state index is 0.104. The molecule has 104 valence electrons. The van der Waals surface area contributed by atoms with Gasteiger partial charge in [0.2, 0.25) is 5.91 Å². The van der Waals surface area contributed by atoms with Crippen molar-refractivity contribution in [1.29, 1.82) is 0 Å². The predicted molar refractivity (Wildman–Crippen MR) is 75.5 cm³/mol. The summed E-state index contributed by atoms with van der Waals surface area (Å²) in [5.74, 6) is -0.409. The fourth-order valence-corrected chi connectivity index (χ4v) is 1.90. The van der Waals surface area contributed by atoms with Gasteiger partial charge >= 0.3 is 0 Å². The van der Waals surface area contributed by atoms with Crippen molar-refractivity contribution < 1.29 is 9.18 Å². The predicted octanol–water partition coefficient (Wildman–Crippen LogP) is 2.81. The fourth-order valence-electron chi connectivity index (χ4n) is 1.90. The summed E-state index contributed by atoms with van der Waals surface area (Å²) in [5.41, 5.74) is 1.01. The summed E-state index contributed by atoms with van der Waals surface area (Å²) >= 11 is 0. The van der Waals surface area contributed by atoms with Crippen LogP contribution in [0.2, 0.25) is 0 Å². The van der Waals surface area contributed by atoms with Crippen LogP contribution in [0.1, 0.15) is 25.0 Å². The zero-order valence-electron chi connectivity index (χ0n) is 11.6. The topological polar surface area (TPSA) is 42.0 Å². The van der Waals surface area contributed by atoms with E-state index in [1.807, 2.05) is 26.0 Å². The lowest BCUT2D eigenvalue weighted by Gasteiger charge is -2.24. The summed E-state index contributed by atoms with van der Waals surface area (Å²) in [7, 11) is 0. The van der Waals surface area contributed by atoms with Gasteiger partial charge in [0, 0.05) is 18.9 Å². The highest BCUT2D eigenvalue weighted by atomic mass is 19.1. The van der Waals surface area contributed by atoms with E-state index >= 15 is 0 Å². The molecular weight excluding hydrogens is 255 g/mol. The van der Waals surface area contributed by atoms with Gasteiger partial charge in [-0.15, -0.1) is 0 Å². The largest absolute Gasteiger partial charge is 0.351 e. The Morgan fingerprint density at radius 1 is 1.25 bits per heavy atom. The smallest absolute Gasteiger partial charge is 0.230 e. The molecule has 2 aromatic rings. The molecule has 0 atom stereocenters. The van der Waals surface area contributed by atoms with Crippen molar-refractivity contribution in [2.75, 3.05) is 0 Å². The van der Waals surface area contributed by atoms with Crippen molar-refractivity contribution in [3.8, 4) is 0 Å². The van der Waals surface area contributed by atoms with E-state index in [1.165, 1.54) is 12.1 Å². The summed E-state index contributed by atoms with van der Waals surface area (Å²) in [6.07, 6.45) is 3.40. The Balaban J connectivity index is 2.05. The molecule has 0 unspecified atom stereocenters. The first-order valence-electron chi connectivity index (χ1n) is 6.43. The molecule has 0 saturated heterocycles. The van der Waals surface area contributed by atoms with Crippen LogP contribution >= 0.6 is 0 Å². The van der Waals surface area contributed by atoms with Gasteiger partial charge in [0.1, 0.15) is 5.82 Å². The number of halogens is 1. The van der Waals surface area contributed by atoms with Crippen LogP contribution in [-0.2, 0) is 16.8 Å². The maximum absolute atomic E-state index is 12.9. The highest BCUT2D eigenvalue weighted by molar-refractivity contribution is 5.87. The summed E-state index contributed by atoms with van der Waals surface area (Å²) in [6.45, 7) is 4.06. The average molecular weight is 272 g/mol. The molecule has 1 N–H and O–H groups in total. The molecule has 1 amide bonds. The van der Waals surface area contributed by atoms with Gasteiger partial charge in [-0.1, -0.05) is 18.2 Å². The average Bonchev–Trinajstić information content (AvgIpc) is 2.46. The molecule has 1 aromatic heterocycles. The van der Waals surface area contributed by atoms with E-state index in [4.69, 9.17) is 0 Å². The zero-order chi connectivity index (χ0) is 14.6. The number of pyridine rings is 1. The summed E-state index contributed by atoms with van der Waals surface area (Å²) in [5, 5.41) is 2.88. The lowest BCUT2D eigenvalue weighted by molar-refractivity contribution is -0.125. The molecule has 20 heavy (non-hydrogen) atoms. The zero-order valence-corrected chi connectivity index (χ0v) is 11.6. The normalized spacial score (nSPS) is 11.2. The summed E-state index contributed by atoms with van der Waals surface area (Å²) < 4.78 is 12.9. The van der Waals surface area contributed by atoms with Crippen molar-refractivity contribution in [3.63, 3.8) is 0 Å². The summed E-state index contributed by atoms with van der Waals surface area (Å²) in [6, 6.07) is 9.74. The molecular formula is C16H17FN2O. The summed E-state index contributed by atoms with van der Waals surface area (Å²) in [4.78, 5) is 16.3. The Bertz CT molecular complexity index is 579. The molecule has 0 saturated carbocycles. The Kier molecular flexibility index (Phi) is 4.13. The molecule has 1 heterocycles. The van der Waals surface area contributed by atoms with Crippen LogP contribution in [0, 0.1) is 5.82 Å². The van der Waals surface area contributed by atoms with Crippen LogP contribution in [0.5, 0.6) is 0 Å². The Hall–Kier alpha value is -2.23. The van der Waals surface area contributed by atoms with Crippen LogP contribution in [0.25, 0.3) is 0 Å². The van der Waals surface area contributed by atoms with E-state index < -0.39 is 5.41 Å². The standard InChI is InChI=1S/C16H17FN2O/c1-16(2,13-5-7-14(17)8-6-13)15(20)19-11-12-4-3-9-18-10-12/h3-10H,11H2,1-2H3,(H,19,20). The third-order valence-electron chi connectivity index (χ3n) is 3.31. The second-order valence-electron chi connectivity index (χ2n) is 5.18. The van der Waals surface area contributed by atoms with Crippen molar-refractivity contribution in [1.82, 2.24) is 10.3 Å². The molecule has 0 fully saturated rings. The maximum Gasteiger partial charge on any atom is 0.230 e. The SMILES string of the molecule is CC(C)(C(=O)NCc1cccnc1)c1ccc(F)cc1. The second kappa shape index (κ2) is 5.82. The van der Waals surface area contributed by atoms with E-state index in [1.54, 1.807) is 24.5 Å². The Morgan fingerprint density at radius 2 is 1.95 bits per heavy atom. The lowest BCUT2D eigenvalue weighted by Crippen LogP contribution is -2.39. The Labute approximate surface area is 117 Å². The lowest BCUT2D eigenvalue weighted by atomic mass is 9.83. The van der Waals surface area contributed by atoms with E-state index in [2.05, 4.69) is 10.3 Å². The van der Waals surface area contributed by atoms with Gasteiger partial charge < -0.3 is 5.32 Å². The Morgan fingerprint density at radius 3 is 2.55 bits per heavy atom. The number of nitrogens with one attached hydrogen (secondary N) is 1. The number of carbonyl (C=O) groups is 1. The van der Waals surface area contributed by atoms with Gasteiger partial charge in [0.15, 0.2) is 0 Å². The number of nitrogens with zero attached hydrogens (tertiary/aromatic N) is 1. The number of carbonyl (C=O) groups excluding carboxylic acids is 1. The van der Waals surface area contributed by atoms with Gasteiger partial charge in [-0.05, 0) is 43.2 Å². The van der Waals surface area contributed by atoms with Gasteiger partial charge in [-0.25, -0.2) is 4.39 Å². The molecule has 0 aliphatic heterocycles. The van der Waals surface area contributed by atoms with Crippen LogP contribution < -0.4 is 5.32 Å². The monoisotopic (exact) mass is 272 g/mol. The third kappa shape index (κ3) is 3.20. The van der Waals surface area contributed by atoms with Crippen molar-refractivity contribution in [3.05, 3.63) is 65.7 Å². The third-order valence-corrected chi connectivity index (χ3v) is 3.31. The first-order valence-corrected chi connectivity index (χ1v) is 6.43. The van der Waals surface area contributed by atoms with E-state index in [-0.39, 0.29) is 11.7 Å². The van der Waals surface area contributed by atoms with Gasteiger partial charge in [0.25, 0.3) is 0 Å². The molecule has 4 heteroatoms. The van der Waals surface area contributed by atoms with Crippen LogP contribution in [-0.4, -0.2) is 10.9 Å². The van der Waals surface area contributed by atoms with Crippen molar-refractivity contribution in [2.24, 2.45) is 0 Å². The highest BCUT2D eigenvalue weighted by Gasteiger charge is 2.29. The second-order valence-corrected chi connectivity index (χ2v) is 5.18. The van der Waals surface area contributed by atoms with Gasteiger partial charge in [-0.3, -0.25) is 9.78 Å². The minimum atomic E-state index is -0.712. The molecule has 2 rings (SSSR count). The number of amides is 1. The van der Waals surface area contributed by atoms with Crippen LogP contribution in [0.15, 0.2) is 48.8 Å². The number of rotatable bonds is 4. The number of benzene rings is 1. The van der Waals surface area contributed by atoms with Gasteiger partial charge in [-0.2, -0.15) is 0 Å². The van der Waals surface area contributed by atoms with Crippen molar-refractivity contribution >= 4 is 5.91 Å². The van der Waals surface area contributed by atoms with E-state index in [9.17, 15) is 9.18 Å². The molecule has 3 nitrogen and oxygen atoms in total. The maximum atomic E-state index is 12.9. The first kappa shape index (κ1) is 14.2. The number of hydrogen-bond donors (Lipinski definition) is 1. The van der Waals surface area contributed by atoms with Gasteiger partial charge in [0.05, 0.1) is 5.41 Å². The molecule has 0 spiro atoms. The van der Waals surface area contributed by atoms with Crippen molar-refractivity contribution in [2.45, 2.75) is 25.8 Å². The molecule has 0 radical (unpaired) electrons. The number of hydrogen-bond acceptors (Lipinski definition) is 2. The van der Waals surface area contributed by atoms with E-state index in [0.717, 1.165) is 11.1 Å². The fraction of sp³-hybridized carbons (Fsp3) is 0.250. The highest BCUT2D eigenvalue weighted by Crippen LogP contribution is 2.23. The molecule has 0 bridgehead atoms. The van der Waals surface area contributed by atoms with Crippen LogP contribution in [0.4, 0.5) is 4.39 Å². The quantitative estimate of drug-likeness (QED) is 0.930. The molecule has 0 aliphatic carbocycles. The number of aromatic nitrogens is 1. The molecule has 0 aliphatic rings.